The van der Waals surface area contributed by atoms with E-state index in [0.29, 0.717) is 26.2 Å². The van der Waals surface area contributed by atoms with E-state index in [9.17, 15) is 13.6 Å². The van der Waals surface area contributed by atoms with E-state index in [1.807, 2.05) is 11.9 Å². The Morgan fingerprint density at radius 3 is 2.97 bits per heavy atom. The molecule has 3 aliphatic heterocycles. The number of nitrogens with one attached hydrogen (secondary N) is 1. The van der Waals surface area contributed by atoms with E-state index in [1.165, 1.54) is 12.1 Å². The van der Waals surface area contributed by atoms with Crippen molar-refractivity contribution < 1.29 is 18.3 Å². The number of carbonyl (C=O) groups is 1. The zero-order chi connectivity index (χ0) is 20.5. The zero-order valence-electron chi connectivity index (χ0n) is 15.9. The second kappa shape index (κ2) is 6.75. The monoisotopic (exact) mass is 441 g/mol. The number of benzene rings is 1. The first-order chi connectivity index (χ1) is 13.8. The van der Waals surface area contributed by atoms with Crippen LogP contribution >= 0.6 is 24.2 Å². The first-order valence-corrected chi connectivity index (χ1v) is 10.6. The maximum Gasteiger partial charge on any atom is 0.226 e. The van der Waals surface area contributed by atoms with Crippen molar-refractivity contribution in [1.82, 2.24) is 15.1 Å². The molecule has 5 nitrogen and oxygen atoms in total. The summed E-state index contributed by atoms with van der Waals surface area (Å²) in [5.74, 6) is -1.36. The van der Waals surface area contributed by atoms with Gasteiger partial charge < -0.3 is 19.9 Å². The molecule has 3 heterocycles. The molecular weight excluding hydrogens is 420 g/mol. The molecule has 1 aliphatic carbocycles. The van der Waals surface area contributed by atoms with Crippen LogP contribution in [0.15, 0.2) is 23.5 Å². The number of carbonyl (C=O) groups excluding carboxylic acids is 1. The van der Waals surface area contributed by atoms with Gasteiger partial charge in [0.25, 0.3) is 0 Å². The predicted octanol–water partition coefficient (Wildman–Crippen LogP) is 2.86. The highest BCUT2D eigenvalue weighted by Crippen LogP contribution is 2.67. The molecule has 1 aromatic carbocycles. The molecule has 0 aromatic heterocycles. The van der Waals surface area contributed by atoms with Crippen LogP contribution in [0.4, 0.5) is 8.78 Å². The average molecular weight is 442 g/mol. The molecule has 0 bridgehead atoms. The average Bonchev–Trinajstić information content (AvgIpc) is 2.97. The highest BCUT2D eigenvalue weighted by Gasteiger charge is 2.68. The Labute approximate surface area is 178 Å². The SMILES string of the molecule is CN1C(CC(=O)N[C@@H]2CCOC2)=C2[C@@H]3C[C@]3(c3c(F)ccc(Cl)c3F)CN2C1S. The van der Waals surface area contributed by atoms with Crippen molar-refractivity contribution in [3.8, 4) is 0 Å². The number of rotatable bonds is 4. The van der Waals surface area contributed by atoms with Gasteiger partial charge in [-0.05, 0) is 25.0 Å². The number of fused-ring (bicyclic) bond motifs is 3. The molecular formula is C20H22ClF2N3O2S. The van der Waals surface area contributed by atoms with Crippen LogP contribution in [0.25, 0.3) is 0 Å². The second-order valence-corrected chi connectivity index (χ2v) is 9.22. The third-order valence-electron chi connectivity index (χ3n) is 6.68. The molecule has 2 saturated heterocycles. The fourth-order valence-electron chi connectivity index (χ4n) is 5.16. The minimum absolute atomic E-state index is 0.0396. The van der Waals surface area contributed by atoms with Gasteiger partial charge in [-0.15, -0.1) is 12.6 Å². The lowest BCUT2D eigenvalue weighted by Gasteiger charge is -2.29. The summed E-state index contributed by atoms with van der Waals surface area (Å²) in [4.78, 5) is 16.6. The van der Waals surface area contributed by atoms with Crippen LogP contribution < -0.4 is 5.32 Å². The topological polar surface area (TPSA) is 44.8 Å². The number of allylic oxidation sites excluding steroid dienone is 1. The molecule has 29 heavy (non-hydrogen) atoms. The van der Waals surface area contributed by atoms with Crippen molar-refractivity contribution in [2.75, 3.05) is 26.8 Å². The fraction of sp³-hybridized carbons (Fsp3) is 0.550. The van der Waals surface area contributed by atoms with E-state index in [-0.39, 0.29) is 40.4 Å². The third kappa shape index (κ3) is 2.86. The quantitative estimate of drug-likeness (QED) is 0.557. The Balaban J connectivity index is 1.45. The minimum atomic E-state index is -0.680. The number of ether oxygens (including phenoxy) is 1. The summed E-state index contributed by atoms with van der Waals surface area (Å²) >= 11 is 10.6. The Kier molecular flexibility index (Phi) is 4.53. The third-order valence-corrected chi connectivity index (χ3v) is 7.60. The molecule has 1 amide bonds. The largest absolute Gasteiger partial charge is 0.379 e. The number of halogens is 3. The maximum absolute atomic E-state index is 14.8. The molecule has 9 heteroatoms. The molecule has 5 rings (SSSR count). The summed E-state index contributed by atoms with van der Waals surface area (Å²) in [6.45, 7) is 1.65. The van der Waals surface area contributed by atoms with E-state index in [0.717, 1.165) is 17.8 Å². The predicted molar refractivity (Wildman–Crippen MR) is 107 cm³/mol. The fourth-order valence-corrected chi connectivity index (χ4v) is 5.67. The van der Waals surface area contributed by atoms with Crippen LogP contribution in [-0.4, -0.2) is 54.1 Å². The molecule has 4 atom stereocenters. The number of nitrogens with zero attached hydrogens (tertiary/aromatic N) is 2. The number of thiol groups is 1. The Morgan fingerprint density at radius 1 is 1.45 bits per heavy atom. The molecule has 0 spiro atoms. The van der Waals surface area contributed by atoms with Gasteiger partial charge in [-0.1, -0.05) is 11.6 Å². The van der Waals surface area contributed by atoms with Gasteiger partial charge in [-0.25, -0.2) is 8.78 Å². The Hall–Kier alpha value is -1.51. The van der Waals surface area contributed by atoms with Gasteiger partial charge in [-0.2, -0.15) is 0 Å². The lowest BCUT2D eigenvalue weighted by atomic mass is 9.93. The molecule has 1 unspecified atom stereocenters. The molecule has 4 aliphatic rings. The zero-order valence-corrected chi connectivity index (χ0v) is 17.6. The summed E-state index contributed by atoms with van der Waals surface area (Å²) in [7, 11) is 1.90. The molecule has 156 valence electrons. The summed E-state index contributed by atoms with van der Waals surface area (Å²) in [6, 6.07) is 2.52. The summed E-state index contributed by atoms with van der Waals surface area (Å²) < 4.78 is 34.7. The van der Waals surface area contributed by atoms with Crippen LogP contribution in [0.5, 0.6) is 0 Å². The molecule has 0 radical (unpaired) electrons. The number of amides is 1. The van der Waals surface area contributed by atoms with Crippen molar-refractivity contribution in [2.24, 2.45) is 5.92 Å². The van der Waals surface area contributed by atoms with Crippen LogP contribution in [-0.2, 0) is 14.9 Å². The van der Waals surface area contributed by atoms with Gasteiger partial charge in [0.05, 0.1) is 24.1 Å². The standard InChI is InChI=1S/C20H22ClF2N3O2S/c1-25-14(6-15(27)24-10-4-5-28-8-10)18-11-7-20(11,9-26(18)19(25)29)16-13(22)3-2-12(21)17(16)23/h2-3,10-11,19,29H,4-9H2,1H3,(H,24,27)/t10-,11+,19?,20+/m1/s1. The van der Waals surface area contributed by atoms with Crippen molar-refractivity contribution in [1.29, 1.82) is 0 Å². The van der Waals surface area contributed by atoms with E-state index < -0.39 is 17.0 Å². The molecule has 1 saturated carbocycles. The number of hydrogen-bond donors (Lipinski definition) is 2. The van der Waals surface area contributed by atoms with Gasteiger partial charge in [0.1, 0.15) is 17.1 Å². The van der Waals surface area contributed by atoms with Gasteiger partial charge in [0.2, 0.25) is 5.91 Å². The summed E-state index contributed by atoms with van der Waals surface area (Å²) in [5.41, 5.74) is 1.000. The number of hydrogen-bond acceptors (Lipinski definition) is 5. The maximum atomic E-state index is 14.8. The first kappa shape index (κ1) is 19.5. The summed E-state index contributed by atoms with van der Waals surface area (Å²) in [6.07, 6.45) is 1.67. The molecule has 1 aromatic rings. The molecule has 3 fully saturated rings. The van der Waals surface area contributed by atoms with Gasteiger partial charge >= 0.3 is 0 Å². The summed E-state index contributed by atoms with van der Waals surface area (Å²) in [5, 5.41) is 2.94. The smallest absolute Gasteiger partial charge is 0.226 e. The normalized spacial score (nSPS) is 32.7. The first-order valence-electron chi connectivity index (χ1n) is 9.75. The van der Waals surface area contributed by atoms with Gasteiger partial charge in [0.15, 0.2) is 0 Å². The van der Waals surface area contributed by atoms with Crippen LogP contribution in [0, 0.1) is 17.6 Å². The van der Waals surface area contributed by atoms with E-state index >= 15 is 0 Å². The highest BCUT2D eigenvalue weighted by molar-refractivity contribution is 7.80. The van der Waals surface area contributed by atoms with Crippen molar-refractivity contribution in [3.63, 3.8) is 0 Å². The minimum Gasteiger partial charge on any atom is -0.379 e. The van der Waals surface area contributed by atoms with Crippen molar-refractivity contribution in [3.05, 3.63) is 45.7 Å². The van der Waals surface area contributed by atoms with E-state index in [1.54, 1.807) is 0 Å². The second-order valence-electron chi connectivity index (χ2n) is 8.35. The van der Waals surface area contributed by atoms with Crippen molar-refractivity contribution in [2.45, 2.75) is 36.2 Å². The Morgan fingerprint density at radius 2 is 2.24 bits per heavy atom. The van der Waals surface area contributed by atoms with Crippen LogP contribution in [0.1, 0.15) is 24.8 Å². The lowest BCUT2D eigenvalue weighted by molar-refractivity contribution is -0.121. The van der Waals surface area contributed by atoms with Crippen molar-refractivity contribution >= 4 is 30.1 Å². The van der Waals surface area contributed by atoms with Gasteiger partial charge in [-0.3, -0.25) is 4.79 Å². The van der Waals surface area contributed by atoms with Crippen LogP contribution in [0.2, 0.25) is 5.02 Å². The van der Waals surface area contributed by atoms with E-state index in [4.69, 9.17) is 16.3 Å². The lowest BCUT2D eigenvalue weighted by Crippen LogP contribution is -2.38. The van der Waals surface area contributed by atoms with E-state index in [2.05, 4.69) is 22.8 Å². The molecule has 1 N–H and O–H groups in total. The van der Waals surface area contributed by atoms with Crippen LogP contribution in [0.3, 0.4) is 0 Å². The highest BCUT2D eigenvalue weighted by atomic mass is 35.5. The Bertz CT molecular complexity index is 923. The van der Waals surface area contributed by atoms with Gasteiger partial charge in [0, 0.05) is 48.5 Å². The number of piperidine rings is 1.